The van der Waals surface area contributed by atoms with E-state index in [1.165, 1.54) is 12.1 Å². The van der Waals surface area contributed by atoms with E-state index in [0.29, 0.717) is 37.6 Å². The molecule has 11 heteroatoms. The Morgan fingerprint density at radius 1 is 0.968 bits per heavy atom. The van der Waals surface area contributed by atoms with Crippen LogP contribution in [-0.2, 0) is 0 Å². The summed E-state index contributed by atoms with van der Waals surface area (Å²) in [7, 11) is 0. The molecule has 1 aliphatic carbocycles. The molecule has 1 N–H and O–H groups in total. The van der Waals surface area contributed by atoms with Gasteiger partial charge in [-0.25, -0.2) is 0 Å². The highest BCUT2D eigenvalue weighted by Crippen LogP contribution is 2.33. The molecule has 4 rings (SSSR count). The highest BCUT2D eigenvalue weighted by Gasteiger charge is 2.29. The lowest BCUT2D eigenvalue weighted by atomic mass is 10.1. The van der Waals surface area contributed by atoms with Crippen LogP contribution in [0.4, 0.5) is 22.7 Å². The molecule has 2 aliphatic rings. The molecular weight excluding hydrogens is 426 g/mol. The quantitative estimate of drug-likeness (QED) is 0.531. The summed E-state index contributed by atoms with van der Waals surface area (Å²) in [5, 5.41) is 26.2. The summed E-state index contributed by atoms with van der Waals surface area (Å²) in [6.45, 7) is 1.48. The number of anilines is 2. The fourth-order valence-corrected chi connectivity index (χ4v) is 3.79. The van der Waals surface area contributed by atoms with Gasteiger partial charge in [-0.05, 0) is 37.1 Å². The van der Waals surface area contributed by atoms with Crippen molar-refractivity contribution in [3.8, 4) is 0 Å². The summed E-state index contributed by atoms with van der Waals surface area (Å²) in [5.74, 6) is -0.300. The van der Waals surface area contributed by atoms with Gasteiger partial charge in [-0.3, -0.25) is 25.0 Å². The predicted molar refractivity (Wildman–Crippen MR) is 116 cm³/mol. The Morgan fingerprint density at radius 3 is 2.26 bits per heavy atom. The minimum absolute atomic E-state index is 0.0818. The Balaban J connectivity index is 1.47. The van der Waals surface area contributed by atoms with Crippen molar-refractivity contribution < 1.29 is 14.6 Å². The molecule has 0 unspecified atom stereocenters. The summed E-state index contributed by atoms with van der Waals surface area (Å²) in [5.41, 5.74) is 0.922. The Kier molecular flexibility index (Phi) is 5.64. The first-order valence-corrected chi connectivity index (χ1v) is 10.2. The Morgan fingerprint density at radius 2 is 1.65 bits per heavy atom. The summed E-state index contributed by atoms with van der Waals surface area (Å²) >= 11 is 5.88. The highest BCUT2D eigenvalue weighted by atomic mass is 35.5. The SMILES string of the molecule is O=C(c1ccc(NC2CC2)c([N+](=O)[O-])c1)N1CCN(c2ccc(Cl)cc2[N+](=O)[O-])CC1. The second-order valence-corrected chi connectivity index (χ2v) is 8.01. The van der Waals surface area contributed by atoms with Crippen molar-refractivity contribution in [3.05, 3.63) is 67.2 Å². The molecule has 0 radical (unpaired) electrons. The fourth-order valence-electron chi connectivity index (χ4n) is 3.63. The summed E-state index contributed by atoms with van der Waals surface area (Å²) in [4.78, 5) is 38.2. The number of amides is 1. The van der Waals surface area contributed by atoms with E-state index in [9.17, 15) is 25.0 Å². The average molecular weight is 446 g/mol. The van der Waals surface area contributed by atoms with Gasteiger partial charge in [0.1, 0.15) is 11.4 Å². The molecule has 2 aromatic carbocycles. The lowest BCUT2D eigenvalue weighted by Gasteiger charge is -2.35. The zero-order valence-corrected chi connectivity index (χ0v) is 17.2. The van der Waals surface area contributed by atoms with Crippen LogP contribution in [0.15, 0.2) is 36.4 Å². The fraction of sp³-hybridized carbons (Fsp3) is 0.350. The molecule has 0 aromatic heterocycles. The third-order valence-corrected chi connectivity index (χ3v) is 5.66. The van der Waals surface area contributed by atoms with Crippen LogP contribution < -0.4 is 10.2 Å². The third kappa shape index (κ3) is 4.53. The summed E-state index contributed by atoms with van der Waals surface area (Å²) < 4.78 is 0. The Labute approximate surface area is 182 Å². The van der Waals surface area contributed by atoms with Gasteiger partial charge in [0, 0.05) is 54.9 Å². The molecule has 31 heavy (non-hydrogen) atoms. The first-order valence-electron chi connectivity index (χ1n) is 9.86. The standard InChI is InChI=1S/C20H20ClN5O5/c21-14-2-6-17(19(12-14)26(30)31)23-7-9-24(10-8-23)20(27)13-1-5-16(22-15-3-4-15)18(11-13)25(28)29/h1-2,5-6,11-12,15,22H,3-4,7-10H2. The molecule has 1 saturated heterocycles. The van der Waals surface area contributed by atoms with E-state index in [4.69, 9.17) is 11.6 Å². The highest BCUT2D eigenvalue weighted by molar-refractivity contribution is 6.30. The molecule has 162 valence electrons. The molecule has 1 saturated carbocycles. The zero-order valence-electron chi connectivity index (χ0n) is 16.5. The number of carbonyl (C=O) groups excluding carboxylic acids is 1. The number of nitro benzene ring substituents is 2. The van der Waals surface area contributed by atoms with Crippen molar-refractivity contribution in [1.82, 2.24) is 4.90 Å². The second-order valence-electron chi connectivity index (χ2n) is 7.58. The van der Waals surface area contributed by atoms with Crippen LogP contribution in [0.3, 0.4) is 0 Å². The number of nitrogens with zero attached hydrogens (tertiary/aromatic N) is 4. The number of halogens is 1. The topological polar surface area (TPSA) is 122 Å². The van der Waals surface area contributed by atoms with Gasteiger partial charge in [0.25, 0.3) is 17.3 Å². The number of nitro groups is 2. The Hall–Kier alpha value is -3.40. The minimum Gasteiger partial charge on any atom is -0.377 e. The van der Waals surface area contributed by atoms with E-state index in [1.54, 1.807) is 29.2 Å². The van der Waals surface area contributed by atoms with Crippen molar-refractivity contribution in [3.63, 3.8) is 0 Å². The predicted octanol–water partition coefficient (Wildman–Crippen LogP) is 3.69. The van der Waals surface area contributed by atoms with Crippen molar-refractivity contribution in [2.45, 2.75) is 18.9 Å². The molecular formula is C20H20ClN5O5. The van der Waals surface area contributed by atoms with Crippen molar-refractivity contribution in [1.29, 1.82) is 0 Å². The van der Waals surface area contributed by atoms with Crippen LogP contribution in [0.25, 0.3) is 0 Å². The number of nitrogens with one attached hydrogen (secondary N) is 1. The zero-order chi connectivity index (χ0) is 22.1. The van der Waals surface area contributed by atoms with E-state index in [-0.39, 0.29) is 33.9 Å². The van der Waals surface area contributed by atoms with Crippen molar-refractivity contribution in [2.75, 3.05) is 36.4 Å². The van der Waals surface area contributed by atoms with Gasteiger partial charge >= 0.3 is 0 Å². The largest absolute Gasteiger partial charge is 0.377 e. The molecule has 1 amide bonds. The first kappa shape index (κ1) is 20.9. The van der Waals surface area contributed by atoms with Gasteiger partial charge in [0.15, 0.2) is 0 Å². The molecule has 0 atom stereocenters. The van der Waals surface area contributed by atoms with Crippen LogP contribution in [0, 0.1) is 20.2 Å². The van der Waals surface area contributed by atoms with Crippen molar-refractivity contribution in [2.24, 2.45) is 0 Å². The molecule has 0 bridgehead atoms. The van der Waals surface area contributed by atoms with Gasteiger partial charge in [-0.15, -0.1) is 0 Å². The molecule has 2 fully saturated rings. The monoisotopic (exact) mass is 445 g/mol. The maximum atomic E-state index is 12.9. The summed E-state index contributed by atoms with van der Waals surface area (Å²) in [6, 6.07) is 9.25. The average Bonchev–Trinajstić information content (AvgIpc) is 3.57. The second kappa shape index (κ2) is 8.38. The van der Waals surface area contributed by atoms with Crippen LogP contribution in [0.2, 0.25) is 5.02 Å². The van der Waals surface area contributed by atoms with Gasteiger partial charge in [0.05, 0.1) is 9.85 Å². The van der Waals surface area contributed by atoms with Crippen molar-refractivity contribution >= 4 is 40.3 Å². The Bertz CT molecular complexity index is 1050. The van der Waals surface area contributed by atoms with Crippen LogP contribution >= 0.6 is 11.6 Å². The van der Waals surface area contributed by atoms with E-state index in [1.807, 2.05) is 4.90 Å². The van der Waals surface area contributed by atoms with Crippen LogP contribution in [0.1, 0.15) is 23.2 Å². The maximum absolute atomic E-state index is 12.9. The van der Waals surface area contributed by atoms with Gasteiger partial charge in [-0.2, -0.15) is 0 Å². The van der Waals surface area contributed by atoms with E-state index in [0.717, 1.165) is 12.8 Å². The first-order chi connectivity index (χ1) is 14.8. The minimum atomic E-state index is -0.487. The number of benzene rings is 2. The van der Waals surface area contributed by atoms with Gasteiger partial charge in [-0.1, -0.05) is 11.6 Å². The van der Waals surface area contributed by atoms with Crippen LogP contribution in [0.5, 0.6) is 0 Å². The molecule has 10 nitrogen and oxygen atoms in total. The van der Waals surface area contributed by atoms with E-state index < -0.39 is 9.85 Å². The van der Waals surface area contributed by atoms with Crippen LogP contribution in [-0.4, -0.2) is 52.9 Å². The van der Waals surface area contributed by atoms with E-state index in [2.05, 4.69) is 5.32 Å². The van der Waals surface area contributed by atoms with E-state index >= 15 is 0 Å². The molecule has 1 heterocycles. The van der Waals surface area contributed by atoms with Gasteiger partial charge in [0.2, 0.25) is 0 Å². The smallest absolute Gasteiger partial charge is 0.294 e. The molecule has 0 spiro atoms. The lowest BCUT2D eigenvalue weighted by Crippen LogP contribution is -2.49. The number of piperazine rings is 1. The number of rotatable bonds is 6. The number of hydrogen-bond donors (Lipinski definition) is 1. The summed E-state index contributed by atoms with van der Waals surface area (Å²) in [6.07, 6.45) is 1.96. The van der Waals surface area contributed by atoms with Gasteiger partial charge < -0.3 is 15.1 Å². The molecule has 2 aromatic rings. The lowest BCUT2D eigenvalue weighted by molar-refractivity contribution is -0.384. The third-order valence-electron chi connectivity index (χ3n) is 5.42. The molecule has 1 aliphatic heterocycles. The number of hydrogen-bond acceptors (Lipinski definition) is 7. The normalized spacial score (nSPS) is 16.2. The maximum Gasteiger partial charge on any atom is 0.294 e. The number of carbonyl (C=O) groups is 1.